The van der Waals surface area contributed by atoms with Crippen LogP contribution in [0.2, 0.25) is 5.02 Å². The normalized spacial score (nSPS) is 11.3. The molecule has 4 nitrogen and oxygen atoms in total. The Hall–Kier alpha value is -1.47. The molecule has 0 atom stereocenters. The van der Waals surface area contributed by atoms with Crippen LogP contribution in [-0.4, -0.2) is 39.4 Å². The Morgan fingerprint density at radius 3 is 2.40 bits per heavy atom. The Bertz CT molecular complexity index is 488. The standard InChI is InChI=1S/C12H12ClF3O4/c1-18-9-4-3-7(11(19-2)10(9)13)8(17)5-20-6-12(14,15)16/h3-4H,5-6H2,1-2H3. The molecule has 8 heteroatoms. The van der Waals surface area contributed by atoms with Crippen molar-refractivity contribution in [3.63, 3.8) is 0 Å². The van der Waals surface area contributed by atoms with Crippen molar-refractivity contribution in [3.8, 4) is 11.5 Å². The average molecular weight is 313 g/mol. The zero-order chi connectivity index (χ0) is 15.3. The molecule has 0 bridgehead atoms. The number of carbonyl (C=O) groups is 1. The zero-order valence-corrected chi connectivity index (χ0v) is 11.5. The van der Waals surface area contributed by atoms with Crippen LogP contribution in [0.5, 0.6) is 11.5 Å². The quantitative estimate of drug-likeness (QED) is 0.757. The number of methoxy groups -OCH3 is 2. The van der Waals surface area contributed by atoms with Crippen LogP contribution in [0.1, 0.15) is 10.4 Å². The molecule has 0 aliphatic carbocycles. The molecule has 20 heavy (non-hydrogen) atoms. The van der Waals surface area contributed by atoms with E-state index in [1.807, 2.05) is 0 Å². The van der Waals surface area contributed by atoms with Crippen molar-refractivity contribution < 1.29 is 32.2 Å². The SMILES string of the molecule is COc1ccc(C(=O)COCC(F)(F)F)c(OC)c1Cl. The first-order valence-electron chi connectivity index (χ1n) is 5.38. The molecule has 0 aliphatic rings. The van der Waals surface area contributed by atoms with Gasteiger partial charge in [0.1, 0.15) is 24.0 Å². The van der Waals surface area contributed by atoms with Gasteiger partial charge in [-0.3, -0.25) is 4.79 Å². The summed E-state index contributed by atoms with van der Waals surface area (Å²) in [5.41, 5.74) is 0.0282. The van der Waals surface area contributed by atoms with E-state index in [4.69, 9.17) is 21.1 Å². The van der Waals surface area contributed by atoms with Crippen LogP contribution in [0.25, 0.3) is 0 Å². The number of halogens is 4. The maximum atomic E-state index is 11.9. The molecule has 0 saturated heterocycles. The van der Waals surface area contributed by atoms with Gasteiger partial charge in [-0.2, -0.15) is 13.2 Å². The van der Waals surface area contributed by atoms with Gasteiger partial charge in [0.25, 0.3) is 0 Å². The summed E-state index contributed by atoms with van der Waals surface area (Å²) in [7, 11) is 2.67. The summed E-state index contributed by atoms with van der Waals surface area (Å²) in [4.78, 5) is 11.8. The van der Waals surface area contributed by atoms with E-state index in [1.165, 1.54) is 26.4 Å². The van der Waals surface area contributed by atoms with E-state index >= 15 is 0 Å². The van der Waals surface area contributed by atoms with E-state index in [0.29, 0.717) is 0 Å². The largest absolute Gasteiger partial charge is 0.495 e. The predicted molar refractivity (Wildman–Crippen MR) is 65.8 cm³/mol. The number of hydrogen-bond acceptors (Lipinski definition) is 4. The first kappa shape index (κ1) is 16.6. The first-order chi connectivity index (χ1) is 9.30. The molecular weight excluding hydrogens is 301 g/mol. The molecule has 0 saturated carbocycles. The minimum absolute atomic E-state index is 0.0282. The highest BCUT2D eigenvalue weighted by Gasteiger charge is 2.28. The van der Waals surface area contributed by atoms with Gasteiger partial charge in [0, 0.05) is 0 Å². The molecule has 0 aromatic heterocycles. The summed E-state index contributed by atoms with van der Waals surface area (Å²) in [5.74, 6) is -0.349. The second-order valence-electron chi connectivity index (χ2n) is 3.69. The molecule has 112 valence electrons. The van der Waals surface area contributed by atoms with Crippen LogP contribution in [0.15, 0.2) is 12.1 Å². The third kappa shape index (κ3) is 4.28. The van der Waals surface area contributed by atoms with Crippen molar-refractivity contribution in [2.75, 3.05) is 27.4 Å². The maximum Gasteiger partial charge on any atom is 0.411 e. The van der Waals surface area contributed by atoms with Crippen LogP contribution in [-0.2, 0) is 4.74 Å². The molecule has 0 N–H and O–H groups in total. The van der Waals surface area contributed by atoms with Gasteiger partial charge in [0.05, 0.1) is 19.8 Å². The van der Waals surface area contributed by atoms with E-state index < -0.39 is 25.2 Å². The highest BCUT2D eigenvalue weighted by atomic mass is 35.5. The van der Waals surface area contributed by atoms with Crippen molar-refractivity contribution in [3.05, 3.63) is 22.7 Å². The van der Waals surface area contributed by atoms with E-state index in [0.717, 1.165) is 0 Å². The van der Waals surface area contributed by atoms with E-state index in [-0.39, 0.29) is 22.1 Å². The monoisotopic (exact) mass is 312 g/mol. The van der Waals surface area contributed by atoms with Crippen molar-refractivity contribution in [2.45, 2.75) is 6.18 Å². The Morgan fingerprint density at radius 1 is 1.25 bits per heavy atom. The van der Waals surface area contributed by atoms with E-state index in [2.05, 4.69) is 4.74 Å². The van der Waals surface area contributed by atoms with Crippen LogP contribution < -0.4 is 9.47 Å². The lowest BCUT2D eigenvalue weighted by Gasteiger charge is -2.13. The third-order valence-corrected chi connectivity index (χ3v) is 2.64. The van der Waals surface area contributed by atoms with Crippen molar-refractivity contribution in [1.82, 2.24) is 0 Å². The van der Waals surface area contributed by atoms with Crippen LogP contribution in [0.4, 0.5) is 13.2 Å². The van der Waals surface area contributed by atoms with Gasteiger partial charge in [-0.1, -0.05) is 11.6 Å². The Labute approximate surface area is 118 Å². The van der Waals surface area contributed by atoms with Gasteiger partial charge >= 0.3 is 6.18 Å². The van der Waals surface area contributed by atoms with Gasteiger partial charge in [0.2, 0.25) is 0 Å². The Kier molecular flexibility index (Phi) is 5.64. The van der Waals surface area contributed by atoms with Gasteiger partial charge in [0.15, 0.2) is 11.5 Å². The Morgan fingerprint density at radius 2 is 1.90 bits per heavy atom. The fourth-order valence-corrected chi connectivity index (χ4v) is 1.77. The highest BCUT2D eigenvalue weighted by molar-refractivity contribution is 6.34. The summed E-state index contributed by atoms with van der Waals surface area (Å²) in [5, 5.41) is 0.0664. The topological polar surface area (TPSA) is 44.8 Å². The lowest BCUT2D eigenvalue weighted by molar-refractivity contribution is -0.170. The van der Waals surface area contributed by atoms with Gasteiger partial charge in [-0.25, -0.2) is 0 Å². The van der Waals surface area contributed by atoms with Crippen LogP contribution >= 0.6 is 11.6 Å². The molecule has 1 rings (SSSR count). The molecule has 0 aliphatic heterocycles. The number of ketones is 1. The predicted octanol–water partition coefficient (Wildman–Crippen LogP) is 3.12. The molecule has 0 radical (unpaired) electrons. The molecule has 0 unspecified atom stereocenters. The van der Waals surface area contributed by atoms with Gasteiger partial charge in [-0.15, -0.1) is 0 Å². The lowest BCUT2D eigenvalue weighted by Crippen LogP contribution is -2.20. The van der Waals surface area contributed by atoms with Crippen molar-refractivity contribution >= 4 is 17.4 Å². The average Bonchev–Trinajstić information content (AvgIpc) is 2.36. The summed E-state index contributed by atoms with van der Waals surface area (Å²) in [6.45, 7) is -2.22. The second kappa shape index (κ2) is 6.81. The molecule has 0 heterocycles. The fourth-order valence-electron chi connectivity index (χ4n) is 1.45. The van der Waals surface area contributed by atoms with Gasteiger partial charge < -0.3 is 14.2 Å². The molecule has 0 spiro atoms. The second-order valence-corrected chi connectivity index (χ2v) is 4.07. The molecular formula is C12H12ClF3O4. The van der Waals surface area contributed by atoms with E-state index in [1.54, 1.807) is 0 Å². The number of rotatable bonds is 6. The van der Waals surface area contributed by atoms with Crippen LogP contribution in [0, 0.1) is 0 Å². The van der Waals surface area contributed by atoms with E-state index in [9.17, 15) is 18.0 Å². The summed E-state index contributed by atoms with van der Waals surface area (Å²) >= 11 is 5.94. The van der Waals surface area contributed by atoms with Crippen molar-refractivity contribution in [2.24, 2.45) is 0 Å². The fraction of sp³-hybridized carbons (Fsp3) is 0.417. The number of carbonyl (C=O) groups excluding carboxylic acids is 1. The number of alkyl halides is 3. The molecule has 0 fully saturated rings. The number of benzene rings is 1. The molecule has 1 aromatic rings. The van der Waals surface area contributed by atoms with Crippen LogP contribution in [0.3, 0.4) is 0 Å². The summed E-state index contributed by atoms with van der Waals surface area (Å²) in [6.07, 6.45) is -4.48. The summed E-state index contributed by atoms with van der Waals surface area (Å²) in [6, 6.07) is 2.77. The van der Waals surface area contributed by atoms with Crippen molar-refractivity contribution in [1.29, 1.82) is 0 Å². The first-order valence-corrected chi connectivity index (χ1v) is 5.76. The lowest BCUT2D eigenvalue weighted by atomic mass is 10.1. The third-order valence-electron chi connectivity index (χ3n) is 2.29. The number of ether oxygens (including phenoxy) is 3. The zero-order valence-electron chi connectivity index (χ0n) is 10.7. The smallest absolute Gasteiger partial charge is 0.411 e. The maximum absolute atomic E-state index is 11.9. The summed E-state index contributed by atoms with van der Waals surface area (Å²) < 4.78 is 50.0. The molecule has 0 amide bonds. The number of hydrogen-bond donors (Lipinski definition) is 0. The Balaban J connectivity index is 2.85. The highest BCUT2D eigenvalue weighted by Crippen LogP contribution is 2.37. The molecule has 1 aromatic carbocycles. The minimum Gasteiger partial charge on any atom is -0.495 e. The minimum atomic E-state index is -4.48. The number of Topliss-reactive ketones (excluding diaryl/α,β-unsaturated/α-hetero) is 1. The van der Waals surface area contributed by atoms with Gasteiger partial charge in [-0.05, 0) is 12.1 Å².